The molecule has 2 N–H and O–H groups in total. The number of hydrogen-bond donors (Lipinski definition) is 1. The highest BCUT2D eigenvalue weighted by Gasteiger charge is 2.17. The van der Waals surface area contributed by atoms with Gasteiger partial charge in [-0.25, -0.2) is 22.0 Å². The van der Waals surface area contributed by atoms with E-state index < -0.39 is 19.9 Å². The van der Waals surface area contributed by atoms with Crippen LogP contribution in [0.3, 0.4) is 0 Å². The van der Waals surface area contributed by atoms with Crippen molar-refractivity contribution in [2.45, 2.75) is 15.5 Å². The van der Waals surface area contributed by atoms with Crippen LogP contribution in [0.1, 0.15) is 5.56 Å². The summed E-state index contributed by atoms with van der Waals surface area (Å²) in [6, 6.07) is 21.9. The molecule has 5 nitrogen and oxygen atoms in total. The van der Waals surface area contributed by atoms with Crippen molar-refractivity contribution in [1.82, 2.24) is 0 Å². The summed E-state index contributed by atoms with van der Waals surface area (Å²) < 4.78 is 48.1. The molecule has 0 atom stereocenters. The highest BCUT2D eigenvalue weighted by Crippen LogP contribution is 2.23. The van der Waals surface area contributed by atoms with Crippen molar-refractivity contribution in [3.63, 3.8) is 0 Å². The number of hydrogen-bond acceptors (Lipinski definition) is 4. The van der Waals surface area contributed by atoms with Gasteiger partial charge in [0.05, 0.1) is 15.5 Å². The van der Waals surface area contributed by atoms with Crippen LogP contribution in [-0.4, -0.2) is 16.8 Å². The van der Waals surface area contributed by atoms with Crippen LogP contribution in [0, 0.1) is 0 Å². The lowest BCUT2D eigenvalue weighted by Gasteiger charge is -2.08. The quantitative estimate of drug-likeness (QED) is 0.728. The first kappa shape index (κ1) is 18.3. The van der Waals surface area contributed by atoms with E-state index in [1.54, 1.807) is 30.3 Å². The summed E-state index contributed by atoms with van der Waals surface area (Å²) in [5.74, 6) is -0.305. The largest absolute Gasteiger partial charge is 0.238 e. The van der Waals surface area contributed by atoms with E-state index in [9.17, 15) is 16.8 Å². The predicted molar refractivity (Wildman–Crippen MR) is 101 cm³/mol. The molecule has 26 heavy (non-hydrogen) atoms. The van der Waals surface area contributed by atoms with Crippen LogP contribution in [0.15, 0.2) is 88.7 Å². The van der Waals surface area contributed by atoms with Crippen LogP contribution in [0.4, 0.5) is 0 Å². The van der Waals surface area contributed by atoms with Gasteiger partial charge in [-0.05, 0) is 41.0 Å². The Morgan fingerprint density at radius 1 is 0.654 bits per heavy atom. The summed E-state index contributed by atoms with van der Waals surface area (Å²) in [4.78, 5) is 0.0721. The van der Waals surface area contributed by atoms with Crippen LogP contribution >= 0.6 is 0 Å². The van der Waals surface area contributed by atoms with Crippen LogP contribution in [0.25, 0.3) is 11.1 Å². The van der Waals surface area contributed by atoms with Gasteiger partial charge in [-0.2, -0.15) is 0 Å². The maximum Gasteiger partial charge on any atom is 0.238 e. The fourth-order valence-corrected chi connectivity index (χ4v) is 4.52. The van der Waals surface area contributed by atoms with Gasteiger partial charge in [0.25, 0.3) is 0 Å². The maximum absolute atomic E-state index is 12.6. The average molecular weight is 387 g/mol. The van der Waals surface area contributed by atoms with Gasteiger partial charge < -0.3 is 0 Å². The van der Waals surface area contributed by atoms with Gasteiger partial charge in [0.15, 0.2) is 9.84 Å². The molecule has 0 aromatic heterocycles. The van der Waals surface area contributed by atoms with Crippen molar-refractivity contribution in [3.8, 4) is 11.1 Å². The first-order chi connectivity index (χ1) is 12.3. The molecule has 3 aromatic rings. The lowest BCUT2D eigenvalue weighted by atomic mass is 10.1. The molecule has 3 rings (SSSR count). The molecule has 0 radical (unpaired) electrons. The van der Waals surface area contributed by atoms with E-state index in [2.05, 4.69) is 0 Å². The van der Waals surface area contributed by atoms with Crippen molar-refractivity contribution in [2.75, 3.05) is 0 Å². The number of nitrogens with two attached hydrogens (primary N) is 1. The minimum Gasteiger partial charge on any atom is -0.225 e. The molecule has 0 aliphatic carbocycles. The van der Waals surface area contributed by atoms with Gasteiger partial charge >= 0.3 is 0 Å². The average Bonchev–Trinajstić information content (AvgIpc) is 2.62. The lowest BCUT2D eigenvalue weighted by Crippen LogP contribution is -2.13. The molecule has 134 valence electrons. The fourth-order valence-electron chi connectivity index (χ4n) is 2.60. The van der Waals surface area contributed by atoms with E-state index in [0.29, 0.717) is 5.56 Å². The number of sulfonamides is 1. The van der Waals surface area contributed by atoms with E-state index in [1.165, 1.54) is 18.2 Å². The molecule has 0 heterocycles. The molecule has 0 spiro atoms. The van der Waals surface area contributed by atoms with Crippen molar-refractivity contribution in [2.24, 2.45) is 5.14 Å². The SMILES string of the molecule is NS(=O)(=O)c1cccc(CS(=O)(=O)c2ccc(-c3ccccc3)cc2)c1. The lowest BCUT2D eigenvalue weighted by molar-refractivity contribution is 0.593. The van der Waals surface area contributed by atoms with E-state index in [1.807, 2.05) is 30.3 Å². The summed E-state index contributed by atoms with van der Waals surface area (Å²) in [6.45, 7) is 0. The van der Waals surface area contributed by atoms with Gasteiger partial charge in [0, 0.05) is 0 Å². The van der Waals surface area contributed by atoms with Crippen molar-refractivity contribution >= 4 is 19.9 Å². The minimum absolute atomic E-state index is 0.107. The van der Waals surface area contributed by atoms with Crippen molar-refractivity contribution in [1.29, 1.82) is 0 Å². The van der Waals surface area contributed by atoms with E-state index in [-0.39, 0.29) is 15.5 Å². The molecule has 0 fully saturated rings. The van der Waals surface area contributed by atoms with Crippen LogP contribution in [0.5, 0.6) is 0 Å². The monoisotopic (exact) mass is 387 g/mol. The van der Waals surface area contributed by atoms with Crippen LogP contribution < -0.4 is 5.14 Å². The third-order valence-electron chi connectivity index (χ3n) is 3.90. The van der Waals surface area contributed by atoms with E-state index >= 15 is 0 Å². The molecular formula is C19H17NO4S2. The standard InChI is InChI=1S/C19H17NO4S2/c20-26(23,24)19-8-4-5-15(13-19)14-25(21,22)18-11-9-17(10-12-18)16-6-2-1-3-7-16/h1-13H,14H2,(H2,20,23,24). The van der Waals surface area contributed by atoms with Gasteiger partial charge in [-0.1, -0.05) is 54.6 Å². The van der Waals surface area contributed by atoms with E-state index in [0.717, 1.165) is 11.1 Å². The molecule has 7 heteroatoms. The highest BCUT2D eigenvalue weighted by atomic mass is 32.2. The normalized spacial score (nSPS) is 12.0. The molecule has 0 aliphatic heterocycles. The number of sulfone groups is 1. The predicted octanol–water partition coefficient (Wildman–Crippen LogP) is 2.97. The van der Waals surface area contributed by atoms with Gasteiger partial charge in [-0.15, -0.1) is 0 Å². The second-order valence-corrected chi connectivity index (χ2v) is 9.39. The molecule has 3 aromatic carbocycles. The first-order valence-corrected chi connectivity index (χ1v) is 11.0. The van der Waals surface area contributed by atoms with Crippen molar-refractivity contribution < 1.29 is 16.8 Å². The second-order valence-electron chi connectivity index (χ2n) is 5.84. The zero-order valence-electron chi connectivity index (χ0n) is 13.7. The Kier molecular flexibility index (Phi) is 4.95. The molecule has 0 unspecified atom stereocenters. The Labute approximate surface area is 153 Å². The number of benzene rings is 3. The Morgan fingerprint density at radius 3 is 1.88 bits per heavy atom. The Morgan fingerprint density at radius 2 is 1.27 bits per heavy atom. The van der Waals surface area contributed by atoms with E-state index in [4.69, 9.17) is 5.14 Å². The van der Waals surface area contributed by atoms with Crippen LogP contribution in [-0.2, 0) is 25.6 Å². The minimum atomic E-state index is -3.88. The maximum atomic E-state index is 12.6. The second kappa shape index (κ2) is 7.03. The zero-order chi connectivity index (χ0) is 18.8. The van der Waals surface area contributed by atoms with Crippen molar-refractivity contribution in [3.05, 3.63) is 84.4 Å². The highest BCUT2D eigenvalue weighted by molar-refractivity contribution is 7.90. The number of rotatable bonds is 5. The number of primary sulfonamides is 1. The summed E-state index contributed by atoms with van der Waals surface area (Å²) in [5.41, 5.74) is 2.28. The first-order valence-electron chi connectivity index (χ1n) is 7.76. The summed E-state index contributed by atoms with van der Waals surface area (Å²) in [6.07, 6.45) is 0. The zero-order valence-corrected chi connectivity index (χ0v) is 15.4. The Balaban J connectivity index is 1.87. The fraction of sp³-hybridized carbons (Fsp3) is 0.0526. The molecule has 0 saturated heterocycles. The third kappa shape index (κ3) is 4.19. The molecule has 0 saturated carbocycles. The molecule has 0 amide bonds. The third-order valence-corrected chi connectivity index (χ3v) is 6.52. The summed E-state index contributed by atoms with van der Waals surface area (Å²) >= 11 is 0. The van der Waals surface area contributed by atoms with Gasteiger partial charge in [0.1, 0.15) is 0 Å². The molecule has 0 bridgehead atoms. The molecular weight excluding hydrogens is 370 g/mol. The van der Waals surface area contributed by atoms with Gasteiger partial charge in [0.2, 0.25) is 10.0 Å². The topological polar surface area (TPSA) is 94.3 Å². The molecule has 0 aliphatic rings. The smallest absolute Gasteiger partial charge is 0.225 e. The Hall–Kier alpha value is -2.48. The Bertz CT molecular complexity index is 1120. The van der Waals surface area contributed by atoms with Gasteiger partial charge in [-0.3, -0.25) is 0 Å². The summed E-state index contributed by atoms with van der Waals surface area (Å²) in [7, 11) is -7.49. The summed E-state index contributed by atoms with van der Waals surface area (Å²) in [5, 5.41) is 5.10. The van der Waals surface area contributed by atoms with Crippen LogP contribution in [0.2, 0.25) is 0 Å².